The van der Waals surface area contributed by atoms with Gasteiger partial charge in [-0.25, -0.2) is 0 Å². The van der Waals surface area contributed by atoms with Crippen LogP contribution in [-0.4, -0.2) is 12.1 Å². The van der Waals surface area contributed by atoms with E-state index in [9.17, 15) is 5.02 Å². The van der Waals surface area contributed by atoms with Crippen molar-refractivity contribution >= 4 is 12.6 Å². The predicted octanol–water partition coefficient (Wildman–Crippen LogP) is -0.0296. The molecule has 0 spiro atoms. The predicted molar refractivity (Wildman–Crippen MR) is 48.2 cm³/mol. The normalized spacial score (nSPS) is 14.0. The highest BCUT2D eigenvalue weighted by Gasteiger charge is 2.26. The van der Waals surface area contributed by atoms with E-state index in [1.54, 1.807) is 0 Å². The summed E-state index contributed by atoms with van der Waals surface area (Å²) in [6.45, 7) is 0.462. The second-order valence-corrected chi connectivity index (χ2v) is 3.03. The Hall–Kier alpha value is -1.31. The molecule has 1 N–H and O–H groups in total. The van der Waals surface area contributed by atoms with Gasteiger partial charge in [-0.1, -0.05) is 18.2 Å². The molecule has 13 heavy (non-hydrogen) atoms. The highest BCUT2D eigenvalue weighted by Crippen LogP contribution is 2.11. The number of nitrogens with zero attached hydrogens (tertiary/aromatic N) is 1. The van der Waals surface area contributed by atoms with Crippen LogP contribution in [-0.2, 0) is 17.7 Å². The maximum atomic E-state index is 9.37. The molecule has 0 aromatic heterocycles. The van der Waals surface area contributed by atoms with Gasteiger partial charge in [-0.2, -0.15) is 5.26 Å². The molecule has 0 saturated carbocycles. The van der Waals surface area contributed by atoms with Crippen molar-refractivity contribution in [3.8, 4) is 6.07 Å². The molecule has 1 aliphatic heterocycles. The van der Waals surface area contributed by atoms with Crippen molar-refractivity contribution in [3.05, 3.63) is 29.3 Å². The fourth-order valence-electron chi connectivity index (χ4n) is 1.47. The number of fused-ring (bicyclic) bond motifs is 1. The SMILES string of the molecule is N#CCc1ccc2c(c1)B(O)OC2. The smallest absolute Gasteiger partial charge is 0.423 e. The molecular weight excluding hydrogens is 165 g/mol. The van der Waals surface area contributed by atoms with Gasteiger partial charge in [-0.15, -0.1) is 0 Å². The highest BCUT2D eigenvalue weighted by molar-refractivity contribution is 6.61. The van der Waals surface area contributed by atoms with Crippen LogP contribution < -0.4 is 5.46 Å². The third-order valence-electron chi connectivity index (χ3n) is 2.16. The van der Waals surface area contributed by atoms with E-state index in [-0.39, 0.29) is 0 Å². The van der Waals surface area contributed by atoms with E-state index in [0.29, 0.717) is 13.0 Å². The summed E-state index contributed by atoms with van der Waals surface area (Å²) in [5.74, 6) is 0. The molecule has 0 unspecified atom stereocenters. The lowest BCUT2D eigenvalue weighted by molar-refractivity contribution is 0.275. The van der Waals surface area contributed by atoms with Crippen molar-refractivity contribution in [2.45, 2.75) is 13.0 Å². The minimum absolute atomic E-state index is 0.375. The molecule has 1 aliphatic rings. The van der Waals surface area contributed by atoms with Crippen molar-refractivity contribution in [2.75, 3.05) is 0 Å². The van der Waals surface area contributed by atoms with Gasteiger partial charge < -0.3 is 9.68 Å². The van der Waals surface area contributed by atoms with Crippen LogP contribution in [0, 0.1) is 11.3 Å². The summed E-state index contributed by atoms with van der Waals surface area (Å²) in [6.07, 6.45) is 0.375. The Morgan fingerprint density at radius 1 is 1.62 bits per heavy atom. The van der Waals surface area contributed by atoms with Crippen LogP contribution >= 0.6 is 0 Å². The van der Waals surface area contributed by atoms with Crippen molar-refractivity contribution in [1.29, 1.82) is 5.26 Å². The van der Waals surface area contributed by atoms with Gasteiger partial charge in [0.25, 0.3) is 0 Å². The Balaban J connectivity index is 2.37. The summed E-state index contributed by atoms with van der Waals surface area (Å²) in [4.78, 5) is 0. The maximum Gasteiger partial charge on any atom is 0.491 e. The first-order valence-corrected chi connectivity index (χ1v) is 4.09. The van der Waals surface area contributed by atoms with E-state index >= 15 is 0 Å². The number of benzene rings is 1. The average molecular weight is 173 g/mol. The first-order chi connectivity index (χ1) is 6.31. The molecule has 0 saturated heterocycles. The molecule has 0 aliphatic carbocycles. The number of nitriles is 1. The summed E-state index contributed by atoms with van der Waals surface area (Å²) in [5, 5.41) is 17.9. The van der Waals surface area contributed by atoms with Crippen molar-refractivity contribution in [2.24, 2.45) is 0 Å². The molecule has 0 fully saturated rings. The Kier molecular flexibility index (Phi) is 2.05. The Morgan fingerprint density at radius 3 is 3.23 bits per heavy atom. The maximum absolute atomic E-state index is 9.37. The van der Waals surface area contributed by atoms with Gasteiger partial charge in [-0.3, -0.25) is 0 Å². The van der Waals surface area contributed by atoms with Gasteiger partial charge in [0.05, 0.1) is 19.1 Å². The van der Waals surface area contributed by atoms with Gasteiger partial charge in [0.15, 0.2) is 0 Å². The minimum Gasteiger partial charge on any atom is -0.423 e. The van der Waals surface area contributed by atoms with Crippen LogP contribution in [0.3, 0.4) is 0 Å². The fourth-order valence-corrected chi connectivity index (χ4v) is 1.47. The molecule has 0 amide bonds. The summed E-state index contributed by atoms with van der Waals surface area (Å²) >= 11 is 0. The van der Waals surface area contributed by atoms with Crippen molar-refractivity contribution in [1.82, 2.24) is 0 Å². The topological polar surface area (TPSA) is 53.2 Å². The van der Waals surface area contributed by atoms with Crippen molar-refractivity contribution in [3.63, 3.8) is 0 Å². The Labute approximate surface area is 76.7 Å². The van der Waals surface area contributed by atoms with E-state index in [0.717, 1.165) is 16.6 Å². The lowest BCUT2D eigenvalue weighted by atomic mass is 9.78. The standard InChI is InChI=1S/C9H8BNO2/c11-4-3-7-1-2-8-6-13-10(12)9(8)5-7/h1-2,5,12H,3,6H2. The van der Waals surface area contributed by atoms with E-state index in [1.807, 2.05) is 18.2 Å². The van der Waals surface area contributed by atoms with Crippen LogP contribution in [0.15, 0.2) is 18.2 Å². The van der Waals surface area contributed by atoms with Crippen LogP contribution in [0.25, 0.3) is 0 Å². The molecule has 1 aromatic carbocycles. The van der Waals surface area contributed by atoms with E-state index in [2.05, 4.69) is 6.07 Å². The van der Waals surface area contributed by atoms with Crippen LogP contribution in [0.2, 0.25) is 0 Å². The van der Waals surface area contributed by atoms with E-state index in [4.69, 9.17) is 9.92 Å². The second kappa shape index (κ2) is 3.21. The molecule has 2 rings (SSSR count). The third kappa shape index (κ3) is 1.44. The largest absolute Gasteiger partial charge is 0.491 e. The lowest BCUT2D eigenvalue weighted by Gasteiger charge is -1.99. The molecule has 3 nitrogen and oxygen atoms in total. The van der Waals surface area contributed by atoms with Gasteiger partial charge in [-0.05, 0) is 16.6 Å². The van der Waals surface area contributed by atoms with E-state index in [1.165, 1.54) is 0 Å². The summed E-state index contributed by atoms with van der Waals surface area (Å²) in [5.41, 5.74) is 2.73. The summed E-state index contributed by atoms with van der Waals surface area (Å²) in [6, 6.07) is 7.69. The molecule has 1 aromatic rings. The Morgan fingerprint density at radius 2 is 2.46 bits per heavy atom. The number of rotatable bonds is 1. The van der Waals surface area contributed by atoms with Gasteiger partial charge in [0, 0.05) is 0 Å². The van der Waals surface area contributed by atoms with Gasteiger partial charge in [0.1, 0.15) is 0 Å². The molecule has 0 atom stereocenters. The lowest BCUT2D eigenvalue weighted by Crippen LogP contribution is -2.28. The number of hydrogen-bond donors (Lipinski definition) is 1. The van der Waals surface area contributed by atoms with Crippen molar-refractivity contribution < 1.29 is 9.68 Å². The fraction of sp³-hybridized carbons (Fsp3) is 0.222. The molecule has 0 bridgehead atoms. The third-order valence-corrected chi connectivity index (χ3v) is 2.16. The molecule has 64 valence electrons. The zero-order valence-electron chi connectivity index (χ0n) is 7.03. The van der Waals surface area contributed by atoms with Gasteiger partial charge >= 0.3 is 7.12 Å². The molecule has 4 heteroatoms. The summed E-state index contributed by atoms with van der Waals surface area (Å²) in [7, 11) is -0.811. The summed E-state index contributed by atoms with van der Waals surface area (Å²) < 4.78 is 5.03. The van der Waals surface area contributed by atoms with E-state index < -0.39 is 7.12 Å². The van der Waals surface area contributed by atoms with Gasteiger partial charge in [0.2, 0.25) is 0 Å². The zero-order chi connectivity index (χ0) is 9.26. The van der Waals surface area contributed by atoms with Crippen LogP contribution in [0.1, 0.15) is 11.1 Å². The molecule has 1 heterocycles. The van der Waals surface area contributed by atoms with Crippen LogP contribution in [0.4, 0.5) is 0 Å². The minimum atomic E-state index is -0.811. The second-order valence-electron chi connectivity index (χ2n) is 3.03. The first kappa shape index (κ1) is 8.30. The van der Waals surface area contributed by atoms with Crippen LogP contribution in [0.5, 0.6) is 0 Å². The average Bonchev–Trinajstić information content (AvgIpc) is 2.49. The molecule has 0 radical (unpaired) electrons. The quantitative estimate of drug-likeness (QED) is 0.606. The number of hydrogen-bond acceptors (Lipinski definition) is 3. The monoisotopic (exact) mass is 173 g/mol. The highest BCUT2D eigenvalue weighted by atomic mass is 16.5. The first-order valence-electron chi connectivity index (χ1n) is 4.09. The molecular formula is C9H8BNO2. The Bertz CT molecular complexity index is 372. The zero-order valence-corrected chi connectivity index (χ0v) is 7.03.